The van der Waals surface area contributed by atoms with Crippen LogP contribution in [0.25, 0.3) is 0 Å². The van der Waals surface area contributed by atoms with E-state index in [1.807, 2.05) is 11.9 Å². The molecule has 108 valence electrons. The highest BCUT2D eigenvalue weighted by molar-refractivity contribution is 5.85. The summed E-state index contributed by atoms with van der Waals surface area (Å²) in [6.45, 7) is 5.62. The van der Waals surface area contributed by atoms with Crippen molar-refractivity contribution in [2.24, 2.45) is 0 Å². The molecule has 0 saturated carbocycles. The summed E-state index contributed by atoms with van der Waals surface area (Å²) in [5, 5.41) is 0. The van der Waals surface area contributed by atoms with Gasteiger partial charge >= 0.3 is 0 Å². The van der Waals surface area contributed by atoms with E-state index in [1.54, 1.807) is 4.90 Å². The Kier molecular flexibility index (Phi) is 4.42. The molecule has 2 rings (SSSR count). The first-order valence-corrected chi connectivity index (χ1v) is 7.05. The fourth-order valence-electron chi connectivity index (χ4n) is 2.63. The number of benzene rings is 1. The number of Topliss-reactive ketones (excluding diaryl/α,β-unsaturated/α-hetero) is 1. The molecule has 0 aliphatic carbocycles. The average Bonchev–Trinajstić information content (AvgIpc) is 2.39. The number of carbonyl (C=O) groups is 2. The average molecular weight is 274 g/mol. The minimum Gasteiger partial charge on any atom is -0.365 e. The number of ketones is 1. The molecule has 1 aromatic carbocycles. The third-order valence-electron chi connectivity index (χ3n) is 3.81. The van der Waals surface area contributed by atoms with E-state index < -0.39 is 0 Å². The third kappa shape index (κ3) is 3.38. The number of carbonyl (C=O) groups excluding carboxylic acids is 2. The lowest BCUT2D eigenvalue weighted by atomic mass is 10.1. The van der Waals surface area contributed by atoms with Crippen LogP contribution in [-0.4, -0.2) is 43.3 Å². The summed E-state index contributed by atoms with van der Waals surface area (Å²) < 4.78 is 0. The van der Waals surface area contributed by atoms with E-state index in [4.69, 9.17) is 0 Å². The summed E-state index contributed by atoms with van der Waals surface area (Å²) >= 11 is 0. The van der Waals surface area contributed by atoms with Gasteiger partial charge in [0.25, 0.3) is 0 Å². The monoisotopic (exact) mass is 274 g/mol. The summed E-state index contributed by atoms with van der Waals surface area (Å²) in [4.78, 5) is 27.2. The second-order valence-electron chi connectivity index (χ2n) is 5.57. The summed E-state index contributed by atoms with van der Waals surface area (Å²) in [5.41, 5.74) is 3.48. The van der Waals surface area contributed by atoms with Crippen molar-refractivity contribution in [3.8, 4) is 0 Å². The molecule has 4 heteroatoms. The lowest BCUT2D eigenvalue weighted by Crippen LogP contribution is -2.43. The summed E-state index contributed by atoms with van der Waals surface area (Å²) in [6, 6.07) is 6.23. The van der Waals surface area contributed by atoms with E-state index in [2.05, 4.69) is 32.0 Å². The maximum absolute atomic E-state index is 12.2. The lowest BCUT2D eigenvalue weighted by molar-refractivity contribution is -0.133. The fraction of sp³-hybridized carbons (Fsp3) is 0.500. The van der Waals surface area contributed by atoms with Crippen LogP contribution in [0, 0.1) is 13.8 Å². The molecule has 1 aliphatic heterocycles. The zero-order valence-corrected chi connectivity index (χ0v) is 12.5. The van der Waals surface area contributed by atoms with E-state index in [0.717, 1.165) is 5.69 Å². The Bertz CT molecular complexity index is 515. The van der Waals surface area contributed by atoms with E-state index in [9.17, 15) is 9.59 Å². The van der Waals surface area contributed by atoms with Crippen LogP contribution in [0.1, 0.15) is 24.0 Å². The van der Waals surface area contributed by atoms with Crippen molar-refractivity contribution in [3.63, 3.8) is 0 Å². The van der Waals surface area contributed by atoms with Crippen LogP contribution in [0.15, 0.2) is 18.2 Å². The number of anilines is 1. The topological polar surface area (TPSA) is 40.6 Å². The smallest absolute Gasteiger partial charge is 0.242 e. The Hall–Kier alpha value is -1.84. The number of hydrogen-bond acceptors (Lipinski definition) is 3. The second kappa shape index (κ2) is 6.07. The fourth-order valence-corrected chi connectivity index (χ4v) is 2.63. The van der Waals surface area contributed by atoms with Crippen LogP contribution < -0.4 is 4.90 Å². The van der Waals surface area contributed by atoms with Crippen molar-refractivity contribution in [1.82, 2.24) is 4.90 Å². The van der Waals surface area contributed by atoms with Crippen molar-refractivity contribution in [3.05, 3.63) is 29.3 Å². The Balaban J connectivity index is 1.98. The van der Waals surface area contributed by atoms with Crippen LogP contribution in [0.4, 0.5) is 5.69 Å². The molecule has 1 heterocycles. The molecule has 1 amide bonds. The number of hydrogen-bond donors (Lipinski definition) is 0. The molecule has 1 aliphatic rings. The first kappa shape index (κ1) is 14.6. The van der Waals surface area contributed by atoms with Crippen LogP contribution in [0.2, 0.25) is 0 Å². The van der Waals surface area contributed by atoms with Gasteiger partial charge < -0.3 is 9.80 Å². The minimum absolute atomic E-state index is 0.0972. The van der Waals surface area contributed by atoms with Crippen LogP contribution in [-0.2, 0) is 9.59 Å². The maximum Gasteiger partial charge on any atom is 0.242 e. The quantitative estimate of drug-likeness (QED) is 0.845. The second-order valence-corrected chi connectivity index (χ2v) is 5.57. The normalized spacial score (nSPS) is 15.3. The predicted octanol–water partition coefficient (Wildman–Crippen LogP) is 1.93. The maximum atomic E-state index is 12.2. The van der Waals surface area contributed by atoms with Gasteiger partial charge in [-0.3, -0.25) is 9.59 Å². The van der Waals surface area contributed by atoms with E-state index >= 15 is 0 Å². The Morgan fingerprint density at radius 2 is 1.90 bits per heavy atom. The Morgan fingerprint density at radius 1 is 1.25 bits per heavy atom. The molecule has 0 N–H and O–H groups in total. The Labute approximate surface area is 120 Å². The van der Waals surface area contributed by atoms with Gasteiger partial charge in [-0.15, -0.1) is 0 Å². The summed E-state index contributed by atoms with van der Waals surface area (Å²) in [5.74, 6) is 0.358. The number of piperidine rings is 1. The zero-order chi connectivity index (χ0) is 14.7. The van der Waals surface area contributed by atoms with Crippen LogP contribution >= 0.6 is 0 Å². The van der Waals surface area contributed by atoms with Crippen molar-refractivity contribution in [1.29, 1.82) is 0 Å². The number of likely N-dealkylation sites (N-methyl/N-ethyl adjacent to an activating group) is 1. The highest BCUT2D eigenvalue weighted by Gasteiger charge is 2.21. The van der Waals surface area contributed by atoms with Crippen molar-refractivity contribution in [2.45, 2.75) is 26.7 Å². The van der Waals surface area contributed by atoms with E-state index in [-0.39, 0.29) is 11.7 Å². The van der Waals surface area contributed by atoms with E-state index in [0.29, 0.717) is 32.5 Å². The van der Waals surface area contributed by atoms with Gasteiger partial charge in [-0.1, -0.05) is 17.7 Å². The number of nitrogens with zero attached hydrogens (tertiary/aromatic N) is 2. The standard InChI is InChI=1S/C16H22N2O2/c1-12-4-5-15(13(2)10-12)17(3)11-16(20)18-8-6-14(19)7-9-18/h4-5,10H,6-9,11H2,1-3H3. The summed E-state index contributed by atoms with van der Waals surface area (Å²) in [6.07, 6.45) is 0.998. The highest BCUT2D eigenvalue weighted by Crippen LogP contribution is 2.20. The highest BCUT2D eigenvalue weighted by atomic mass is 16.2. The largest absolute Gasteiger partial charge is 0.365 e. The molecule has 4 nitrogen and oxygen atoms in total. The van der Waals surface area contributed by atoms with Gasteiger partial charge in [-0.25, -0.2) is 0 Å². The zero-order valence-electron chi connectivity index (χ0n) is 12.5. The van der Waals surface area contributed by atoms with Gasteiger partial charge in [0, 0.05) is 38.7 Å². The predicted molar refractivity (Wildman–Crippen MR) is 80.0 cm³/mol. The Morgan fingerprint density at radius 3 is 2.50 bits per heavy atom. The number of amides is 1. The molecule has 0 spiro atoms. The molecule has 0 unspecified atom stereocenters. The van der Waals surface area contributed by atoms with Crippen molar-refractivity contribution in [2.75, 3.05) is 31.6 Å². The van der Waals surface area contributed by atoms with Gasteiger partial charge in [0.15, 0.2) is 0 Å². The van der Waals surface area contributed by atoms with Gasteiger partial charge in [0.1, 0.15) is 5.78 Å². The minimum atomic E-state index is 0.0972. The van der Waals surface area contributed by atoms with Gasteiger partial charge in [-0.2, -0.15) is 0 Å². The molecular formula is C16H22N2O2. The SMILES string of the molecule is Cc1ccc(N(C)CC(=O)N2CCC(=O)CC2)c(C)c1. The molecule has 0 bridgehead atoms. The number of likely N-dealkylation sites (tertiary alicyclic amines) is 1. The van der Waals surface area contributed by atoms with Crippen molar-refractivity contribution < 1.29 is 9.59 Å². The molecule has 0 radical (unpaired) electrons. The first-order chi connectivity index (χ1) is 9.47. The molecule has 0 atom stereocenters. The van der Waals surface area contributed by atoms with Gasteiger partial charge in [0.05, 0.1) is 6.54 Å². The molecular weight excluding hydrogens is 252 g/mol. The van der Waals surface area contributed by atoms with E-state index in [1.165, 1.54) is 11.1 Å². The van der Waals surface area contributed by atoms with Crippen LogP contribution in [0.3, 0.4) is 0 Å². The molecule has 1 fully saturated rings. The summed E-state index contributed by atoms with van der Waals surface area (Å²) in [7, 11) is 1.94. The first-order valence-electron chi connectivity index (χ1n) is 7.05. The molecule has 1 aromatic rings. The number of rotatable bonds is 3. The van der Waals surface area contributed by atoms with Gasteiger partial charge in [0.2, 0.25) is 5.91 Å². The molecule has 0 aromatic heterocycles. The molecule has 20 heavy (non-hydrogen) atoms. The molecule has 1 saturated heterocycles. The number of aryl methyl sites for hydroxylation is 2. The lowest BCUT2D eigenvalue weighted by Gasteiger charge is -2.29. The van der Waals surface area contributed by atoms with Gasteiger partial charge in [-0.05, 0) is 25.5 Å². The van der Waals surface area contributed by atoms with Crippen LogP contribution in [0.5, 0.6) is 0 Å². The van der Waals surface area contributed by atoms with Crippen molar-refractivity contribution >= 4 is 17.4 Å². The third-order valence-corrected chi connectivity index (χ3v) is 3.81.